The van der Waals surface area contributed by atoms with Gasteiger partial charge in [-0.05, 0) is 72.6 Å². The number of hydrogen-bond acceptors (Lipinski definition) is 12. The van der Waals surface area contributed by atoms with Crippen LogP contribution in [-0.2, 0) is 13.0 Å². The molecule has 10 aromatic rings. The van der Waals surface area contributed by atoms with Gasteiger partial charge in [0, 0.05) is 83.3 Å². The molecule has 8 aromatic heterocycles. The number of aromatic amines is 1. The minimum atomic E-state index is 0.374. The molecule has 10 rings (SSSR count). The van der Waals surface area contributed by atoms with Crippen molar-refractivity contribution in [2.75, 3.05) is 16.6 Å². The fraction of sp³-hybridized carbons (Fsp3) is 0.0652. The molecule has 0 amide bonds. The molecule has 1 N–H and O–H groups in total. The Morgan fingerprint density at radius 1 is 0.525 bits per heavy atom. The summed E-state index contributed by atoms with van der Waals surface area (Å²) in [5.41, 5.74) is 8.13. The first-order valence-corrected chi connectivity index (χ1v) is 19.1. The second-order valence-electron chi connectivity index (χ2n) is 13.7. The van der Waals surface area contributed by atoms with E-state index in [0.717, 1.165) is 44.1 Å². The average molecular weight is 771 g/mol. The van der Waals surface area contributed by atoms with Crippen LogP contribution in [0.25, 0.3) is 67.4 Å². The Labute approximate surface area is 338 Å². The zero-order valence-corrected chi connectivity index (χ0v) is 31.5. The number of hydrazine groups is 1. The Kier molecular flexibility index (Phi) is 9.41. The van der Waals surface area contributed by atoms with Crippen LogP contribution in [0.4, 0.5) is 11.6 Å². The Morgan fingerprint density at radius 3 is 1.83 bits per heavy atom. The summed E-state index contributed by atoms with van der Waals surface area (Å²) in [7, 11) is 0. The van der Waals surface area contributed by atoms with Gasteiger partial charge in [-0.25, -0.2) is 19.9 Å². The number of anilines is 2. The Hall–Kier alpha value is -8.19. The Balaban J connectivity index is 1.22. The van der Waals surface area contributed by atoms with Crippen LogP contribution in [-0.4, -0.2) is 56.6 Å². The molecule has 0 saturated carbocycles. The number of para-hydroxylation sites is 1. The van der Waals surface area contributed by atoms with E-state index in [-0.39, 0.29) is 0 Å². The zero-order chi connectivity index (χ0) is 39.4. The number of H-pyrrole nitrogens is 1. The largest absolute Gasteiger partial charge is 0.464 e. The van der Waals surface area contributed by atoms with E-state index in [2.05, 4.69) is 52.3 Å². The first kappa shape index (κ1) is 35.2. The van der Waals surface area contributed by atoms with Gasteiger partial charge in [0.15, 0.2) is 23.3 Å². The first-order chi connectivity index (χ1) is 29.2. The second kappa shape index (κ2) is 15.7. The molecule has 0 spiro atoms. The summed E-state index contributed by atoms with van der Waals surface area (Å²) >= 11 is 0. The number of nitrogens with zero attached hydrogens (tertiary/aromatic N) is 11. The van der Waals surface area contributed by atoms with E-state index in [1.165, 1.54) is 0 Å². The van der Waals surface area contributed by atoms with Crippen LogP contribution in [0.5, 0.6) is 0 Å². The van der Waals surface area contributed by atoms with Gasteiger partial charge in [0.2, 0.25) is 0 Å². The monoisotopic (exact) mass is 770 g/mol. The van der Waals surface area contributed by atoms with Crippen molar-refractivity contribution in [3.63, 3.8) is 0 Å². The molecule has 0 radical (unpaired) electrons. The number of pyridine rings is 4. The molecule has 0 saturated heterocycles. The minimum absolute atomic E-state index is 0.374. The fourth-order valence-electron chi connectivity index (χ4n) is 7.11. The standard InChI is InChI=1S/C46H34N12O/c1-2-17-42-35(13-1)34(30-59-42)18-23-57(43-24-40(31-11-8-19-47-26-31)52-45(54-43)38-14-3-5-21-49-38)58(29-33-10-7-16-37-36(33)28-51-56-37)44-25-41(32-12-9-20-48-27-32)53-46(55-44)39-15-4-6-22-50-39/h1-17,19-22,24-28,30H,18,23,29H2,(H,51,56). The summed E-state index contributed by atoms with van der Waals surface area (Å²) in [5.74, 6) is 2.15. The number of aromatic nitrogens is 10. The lowest BCUT2D eigenvalue weighted by atomic mass is 10.1. The van der Waals surface area contributed by atoms with Gasteiger partial charge in [0.25, 0.3) is 0 Å². The van der Waals surface area contributed by atoms with Crippen LogP contribution in [0.15, 0.2) is 169 Å². The van der Waals surface area contributed by atoms with E-state index in [1.54, 1.807) is 37.2 Å². The molecule has 284 valence electrons. The number of fused-ring (bicyclic) bond motifs is 2. The second-order valence-corrected chi connectivity index (χ2v) is 13.7. The molecule has 13 heteroatoms. The van der Waals surface area contributed by atoms with Gasteiger partial charge >= 0.3 is 0 Å². The van der Waals surface area contributed by atoms with Crippen molar-refractivity contribution in [1.82, 2.24) is 50.1 Å². The average Bonchev–Trinajstić information content (AvgIpc) is 3.98. The maximum Gasteiger partial charge on any atom is 0.180 e. The van der Waals surface area contributed by atoms with Gasteiger partial charge in [0.1, 0.15) is 17.0 Å². The molecule has 59 heavy (non-hydrogen) atoms. The third-order valence-corrected chi connectivity index (χ3v) is 10.00. The number of furan rings is 1. The van der Waals surface area contributed by atoms with Crippen molar-refractivity contribution in [2.24, 2.45) is 0 Å². The summed E-state index contributed by atoms with van der Waals surface area (Å²) in [6, 6.07) is 37.4. The highest BCUT2D eigenvalue weighted by atomic mass is 16.3. The highest BCUT2D eigenvalue weighted by Gasteiger charge is 2.26. The molecule has 0 aliphatic heterocycles. The van der Waals surface area contributed by atoms with Crippen molar-refractivity contribution in [3.05, 3.63) is 176 Å². The molecular formula is C46H34N12O. The van der Waals surface area contributed by atoms with Crippen molar-refractivity contribution in [1.29, 1.82) is 0 Å². The van der Waals surface area contributed by atoms with E-state index < -0.39 is 0 Å². The quantitative estimate of drug-likeness (QED) is 0.118. The van der Waals surface area contributed by atoms with E-state index in [0.29, 0.717) is 65.6 Å². The summed E-state index contributed by atoms with van der Waals surface area (Å²) < 4.78 is 6.03. The predicted octanol–water partition coefficient (Wildman–Crippen LogP) is 8.81. The van der Waals surface area contributed by atoms with Crippen molar-refractivity contribution < 1.29 is 4.42 Å². The van der Waals surface area contributed by atoms with Crippen LogP contribution < -0.4 is 10.0 Å². The van der Waals surface area contributed by atoms with E-state index >= 15 is 0 Å². The first-order valence-electron chi connectivity index (χ1n) is 19.1. The summed E-state index contributed by atoms with van der Waals surface area (Å²) in [5, 5.41) is 13.9. The third-order valence-electron chi connectivity index (χ3n) is 10.00. The van der Waals surface area contributed by atoms with Gasteiger partial charge in [-0.3, -0.25) is 35.1 Å². The van der Waals surface area contributed by atoms with E-state index in [1.807, 2.05) is 116 Å². The van der Waals surface area contributed by atoms with Gasteiger partial charge in [-0.1, -0.05) is 42.5 Å². The highest BCUT2D eigenvalue weighted by molar-refractivity contribution is 5.83. The molecule has 0 aliphatic carbocycles. The van der Waals surface area contributed by atoms with Crippen molar-refractivity contribution in [2.45, 2.75) is 13.0 Å². The molecule has 13 nitrogen and oxygen atoms in total. The number of rotatable bonds is 12. The number of benzene rings is 2. The summed E-state index contributed by atoms with van der Waals surface area (Å²) in [6.45, 7) is 0.834. The maximum absolute atomic E-state index is 6.03. The van der Waals surface area contributed by atoms with Crippen LogP contribution in [0, 0.1) is 0 Å². The third kappa shape index (κ3) is 7.31. The lowest BCUT2D eigenvalue weighted by Crippen LogP contribution is -2.45. The Morgan fingerprint density at radius 2 is 1.19 bits per heavy atom. The molecule has 8 heterocycles. The summed E-state index contributed by atoms with van der Waals surface area (Å²) in [4.78, 5) is 38.8. The van der Waals surface area contributed by atoms with Crippen LogP contribution in [0.1, 0.15) is 11.1 Å². The predicted molar refractivity (Wildman–Crippen MR) is 227 cm³/mol. The number of hydrogen-bond donors (Lipinski definition) is 1. The molecule has 0 bridgehead atoms. The normalized spacial score (nSPS) is 11.3. The van der Waals surface area contributed by atoms with Crippen LogP contribution in [0.3, 0.4) is 0 Å². The molecular weight excluding hydrogens is 737 g/mol. The van der Waals surface area contributed by atoms with Gasteiger partial charge in [-0.2, -0.15) is 5.10 Å². The van der Waals surface area contributed by atoms with E-state index in [4.69, 9.17) is 24.4 Å². The van der Waals surface area contributed by atoms with Gasteiger partial charge in [0.05, 0.1) is 35.9 Å². The molecule has 0 aliphatic rings. The zero-order valence-electron chi connectivity index (χ0n) is 31.5. The van der Waals surface area contributed by atoms with Crippen LogP contribution in [0.2, 0.25) is 0 Å². The number of nitrogens with one attached hydrogen (secondary N) is 1. The van der Waals surface area contributed by atoms with Gasteiger partial charge < -0.3 is 4.42 Å². The summed E-state index contributed by atoms with van der Waals surface area (Å²) in [6.07, 6.45) is 14.9. The molecule has 0 atom stereocenters. The SMILES string of the molecule is c1ccc(-c2nc(-c3cccnc3)cc(N(CCc3coc4ccccc34)N(Cc3cccc4[nH]ncc34)c3cc(-c4cccnc4)nc(-c4ccccn4)n3)n2)nc1. The van der Waals surface area contributed by atoms with E-state index in [9.17, 15) is 0 Å². The van der Waals surface area contributed by atoms with Gasteiger partial charge in [-0.15, -0.1) is 0 Å². The topological polar surface area (TPSA) is 151 Å². The van der Waals surface area contributed by atoms with Crippen molar-refractivity contribution >= 4 is 33.5 Å². The van der Waals surface area contributed by atoms with Crippen LogP contribution >= 0.6 is 0 Å². The highest BCUT2D eigenvalue weighted by Crippen LogP contribution is 2.33. The smallest absolute Gasteiger partial charge is 0.180 e. The lowest BCUT2D eigenvalue weighted by Gasteiger charge is -2.37. The maximum atomic E-state index is 6.03. The molecule has 2 aromatic carbocycles. The lowest BCUT2D eigenvalue weighted by molar-refractivity contribution is 0.607. The molecule has 0 unspecified atom stereocenters. The fourth-order valence-corrected chi connectivity index (χ4v) is 7.11. The Bertz CT molecular complexity index is 2880. The molecule has 0 fully saturated rings. The van der Waals surface area contributed by atoms with Crippen molar-refractivity contribution in [3.8, 4) is 45.6 Å². The minimum Gasteiger partial charge on any atom is -0.464 e.